The summed E-state index contributed by atoms with van der Waals surface area (Å²) in [4.78, 5) is 11.0. The standard InChI is InChI=1S/C20H26FN5.HI/c1-24(2)18-7-3-16(4-8-18)15-23-20(22)26-13-11-25(12-14-26)19-9-5-17(21)6-10-19;/h3-10H,11-15H2,1-2H3,(H2,22,23);1H. The highest BCUT2D eigenvalue weighted by molar-refractivity contribution is 14.0. The van der Waals surface area contributed by atoms with Gasteiger partial charge in [-0.3, -0.25) is 0 Å². The van der Waals surface area contributed by atoms with Gasteiger partial charge in [-0.2, -0.15) is 0 Å². The Morgan fingerprint density at radius 2 is 1.59 bits per heavy atom. The third kappa shape index (κ3) is 5.72. The molecule has 1 heterocycles. The number of anilines is 2. The van der Waals surface area contributed by atoms with Crippen molar-refractivity contribution in [2.45, 2.75) is 6.54 Å². The average Bonchev–Trinajstić information content (AvgIpc) is 2.67. The van der Waals surface area contributed by atoms with Crippen molar-refractivity contribution >= 4 is 41.3 Å². The van der Waals surface area contributed by atoms with Gasteiger partial charge in [0.1, 0.15) is 5.82 Å². The van der Waals surface area contributed by atoms with Gasteiger partial charge in [0.25, 0.3) is 0 Å². The van der Waals surface area contributed by atoms with E-state index < -0.39 is 0 Å². The van der Waals surface area contributed by atoms with E-state index in [-0.39, 0.29) is 29.8 Å². The zero-order chi connectivity index (χ0) is 18.5. The summed E-state index contributed by atoms with van der Waals surface area (Å²) in [6.07, 6.45) is 0. The molecule has 0 spiro atoms. The summed E-state index contributed by atoms with van der Waals surface area (Å²) in [6, 6.07) is 15.0. The van der Waals surface area contributed by atoms with Crippen LogP contribution in [0.5, 0.6) is 0 Å². The summed E-state index contributed by atoms with van der Waals surface area (Å²) in [5.74, 6) is 0.378. The molecule has 1 aliphatic heterocycles. The maximum Gasteiger partial charge on any atom is 0.191 e. The largest absolute Gasteiger partial charge is 0.378 e. The van der Waals surface area contributed by atoms with Crippen molar-refractivity contribution in [2.24, 2.45) is 10.7 Å². The lowest BCUT2D eigenvalue weighted by molar-refractivity contribution is 0.380. The maximum absolute atomic E-state index is 13.0. The zero-order valence-corrected chi connectivity index (χ0v) is 18.1. The van der Waals surface area contributed by atoms with E-state index in [0.717, 1.165) is 37.4 Å². The molecule has 2 aromatic carbocycles. The minimum absolute atomic E-state index is 0. The average molecular weight is 483 g/mol. The zero-order valence-electron chi connectivity index (χ0n) is 15.8. The van der Waals surface area contributed by atoms with Crippen LogP contribution in [0, 0.1) is 5.82 Å². The minimum atomic E-state index is -0.206. The summed E-state index contributed by atoms with van der Waals surface area (Å²) < 4.78 is 13.0. The van der Waals surface area contributed by atoms with Crippen LogP contribution in [0.25, 0.3) is 0 Å². The van der Waals surface area contributed by atoms with Crippen molar-refractivity contribution in [1.82, 2.24) is 4.90 Å². The van der Waals surface area contributed by atoms with Crippen LogP contribution in [0.2, 0.25) is 0 Å². The molecule has 0 radical (unpaired) electrons. The normalized spacial score (nSPS) is 14.7. The van der Waals surface area contributed by atoms with Crippen LogP contribution in [0.15, 0.2) is 53.5 Å². The maximum atomic E-state index is 13.0. The van der Waals surface area contributed by atoms with Crippen LogP contribution >= 0.6 is 24.0 Å². The predicted molar refractivity (Wildman–Crippen MR) is 122 cm³/mol. The Balaban J connectivity index is 0.00000261. The van der Waals surface area contributed by atoms with Gasteiger partial charge in [0.15, 0.2) is 5.96 Å². The van der Waals surface area contributed by atoms with E-state index >= 15 is 0 Å². The molecule has 0 aliphatic carbocycles. The van der Waals surface area contributed by atoms with Crippen LogP contribution in [0.3, 0.4) is 0 Å². The molecule has 1 aliphatic rings. The molecule has 2 N–H and O–H groups in total. The molecule has 0 bridgehead atoms. The second-order valence-electron chi connectivity index (χ2n) is 6.69. The van der Waals surface area contributed by atoms with Crippen molar-refractivity contribution in [2.75, 3.05) is 50.1 Å². The molecular formula is C20H27FIN5. The summed E-state index contributed by atoms with van der Waals surface area (Å²) in [5, 5.41) is 0. The first kappa shape index (κ1) is 21.3. The monoisotopic (exact) mass is 483 g/mol. The molecule has 0 unspecified atom stereocenters. The van der Waals surface area contributed by atoms with E-state index in [2.05, 4.69) is 44.0 Å². The highest BCUT2D eigenvalue weighted by Gasteiger charge is 2.18. The van der Waals surface area contributed by atoms with E-state index in [9.17, 15) is 4.39 Å². The van der Waals surface area contributed by atoms with Gasteiger partial charge in [0, 0.05) is 51.6 Å². The van der Waals surface area contributed by atoms with Gasteiger partial charge in [-0.1, -0.05) is 12.1 Å². The molecule has 1 saturated heterocycles. The number of hydrogen-bond acceptors (Lipinski definition) is 3. The van der Waals surface area contributed by atoms with Crippen molar-refractivity contribution in [3.63, 3.8) is 0 Å². The van der Waals surface area contributed by atoms with Gasteiger partial charge in [-0.15, -0.1) is 24.0 Å². The molecule has 7 heteroatoms. The quantitative estimate of drug-likeness (QED) is 0.413. The molecule has 2 aromatic rings. The fourth-order valence-corrected chi connectivity index (χ4v) is 3.02. The molecular weight excluding hydrogens is 456 g/mol. The summed E-state index contributed by atoms with van der Waals surface area (Å²) >= 11 is 0. The molecule has 5 nitrogen and oxygen atoms in total. The van der Waals surface area contributed by atoms with E-state index in [4.69, 9.17) is 5.73 Å². The van der Waals surface area contributed by atoms with Crippen LogP contribution in [-0.4, -0.2) is 51.1 Å². The fraction of sp³-hybridized carbons (Fsp3) is 0.350. The van der Waals surface area contributed by atoms with Crippen molar-refractivity contribution in [3.8, 4) is 0 Å². The van der Waals surface area contributed by atoms with Crippen molar-refractivity contribution < 1.29 is 4.39 Å². The third-order valence-electron chi connectivity index (χ3n) is 4.67. The lowest BCUT2D eigenvalue weighted by atomic mass is 10.2. The Hall–Kier alpha value is -2.03. The molecule has 1 fully saturated rings. The van der Waals surface area contributed by atoms with Gasteiger partial charge in [0.2, 0.25) is 0 Å². The highest BCUT2D eigenvalue weighted by Crippen LogP contribution is 2.17. The lowest BCUT2D eigenvalue weighted by Gasteiger charge is -2.36. The number of aliphatic imine (C=N–C) groups is 1. The van der Waals surface area contributed by atoms with Gasteiger partial charge >= 0.3 is 0 Å². The van der Waals surface area contributed by atoms with Crippen LogP contribution in [-0.2, 0) is 6.54 Å². The van der Waals surface area contributed by atoms with Gasteiger partial charge < -0.3 is 20.4 Å². The minimum Gasteiger partial charge on any atom is -0.378 e. The second-order valence-corrected chi connectivity index (χ2v) is 6.69. The molecule has 27 heavy (non-hydrogen) atoms. The topological polar surface area (TPSA) is 48.1 Å². The van der Waals surface area contributed by atoms with Crippen LogP contribution in [0.1, 0.15) is 5.56 Å². The Labute approximate surface area is 177 Å². The molecule has 0 atom stereocenters. The summed E-state index contributed by atoms with van der Waals surface area (Å²) in [5.41, 5.74) is 9.53. The lowest BCUT2D eigenvalue weighted by Crippen LogP contribution is -2.51. The number of piperazine rings is 1. The first-order chi connectivity index (χ1) is 12.5. The number of rotatable bonds is 4. The number of nitrogens with zero attached hydrogens (tertiary/aromatic N) is 4. The van der Waals surface area contributed by atoms with Gasteiger partial charge in [-0.05, 0) is 42.0 Å². The van der Waals surface area contributed by atoms with E-state index in [1.54, 1.807) is 0 Å². The van der Waals surface area contributed by atoms with Gasteiger partial charge in [-0.25, -0.2) is 9.38 Å². The highest BCUT2D eigenvalue weighted by atomic mass is 127. The van der Waals surface area contributed by atoms with E-state index in [1.165, 1.54) is 17.8 Å². The van der Waals surface area contributed by atoms with E-state index in [1.807, 2.05) is 26.2 Å². The number of hydrogen-bond donors (Lipinski definition) is 1. The molecule has 0 aromatic heterocycles. The summed E-state index contributed by atoms with van der Waals surface area (Å²) in [7, 11) is 4.05. The first-order valence-corrected chi connectivity index (χ1v) is 8.84. The Morgan fingerprint density at radius 3 is 2.15 bits per heavy atom. The predicted octanol–water partition coefficient (Wildman–Crippen LogP) is 3.15. The second kappa shape index (κ2) is 9.77. The Kier molecular flexibility index (Phi) is 7.70. The Bertz CT molecular complexity index is 738. The number of guanidine groups is 1. The number of halogens is 2. The molecule has 3 rings (SSSR count). The van der Waals surface area contributed by atoms with Crippen LogP contribution in [0.4, 0.5) is 15.8 Å². The molecule has 146 valence electrons. The summed E-state index contributed by atoms with van der Waals surface area (Å²) in [6.45, 7) is 3.90. The smallest absolute Gasteiger partial charge is 0.191 e. The molecule has 0 saturated carbocycles. The third-order valence-corrected chi connectivity index (χ3v) is 4.67. The van der Waals surface area contributed by atoms with Crippen LogP contribution < -0.4 is 15.5 Å². The first-order valence-electron chi connectivity index (χ1n) is 8.84. The number of nitrogens with two attached hydrogens (primary N) is 1. The van der Waals surface area contributed by atoms with Crippen molar-refractivity contribution in [3.05, 3.63) is 59.9 Å². The van der Waals surface area contributed by atoms with Crippen molar-refractivity contribution in [1.29, 1.82) is 0 Å². The fourth-order valence-electron chi connectivity index (χ4n) is 3.02. The Morgan fingerprint density at radius 1 is 1.00 bits per heavy atom. The molecule has 0 amide bonds. The van der Waals surface area contributed by atoms with Gasteiger partial charge in [0.05, 0.1) is 6.54 Å². The van der Waals surface area contributed by atoms with E-state index in [0.29, 0.717) is 12.5 Å². The SMILES string of the molecule is CN(C)c1ccc(CN=C(N)N2CCN(c3ccc(F)cc3)CC2)cc1.I. The number of benzene rings is 2.